The number of hydrogen-bond acceptors (Lipinski definition) is 4. The molecule has 1 aliphatic heterocycles. The molecule has 0 bridgehead atoms. The van der Waals surface area contributed by atoms with E-state index in [1.54, 1.807) is 6.92 Å². The molecule has 3 rings (SSSR count). The molecular formula is C18H22N2O4. The van der Waals surface area contributed by atoms with Gasteiger partial charge in [-0.3, -0.25) is 24.4 Å². The number of ether oxygens (including phenoxy) is 1. The van der Waals surface area contributed by atoms with Crippen molar-refractivity contribution in [3.05, 3.63) is 35.9 Å². The SMILES string of the molecule is CCOC(=O)CC(=O)N1CCCN1C(=O)C1(c2ccccc2)CC1. The van der Waals surface area contributed by atoms with Gasteiger partial charge in [0.05, 0.1) is 12.0 Å². The van der Waals surface area contributed by atoms with Crippen LogP contribution in [0.5, 0.6) is 0 Å². The molecule has 0 unspecified atom stereocenters. The third-order valence-corrected chi connectivity index (χ3v) is 4.64. The Morgan fingerprint density at radius 2 is 1.75 bits per heavy atom. The largest absolute Gasteiger partial charge is 0.466 e. The van der Waals surface area contributed by atoms with Gasteiger partial charge in [-0.15, -0.1) is 0 Å². The van der Waals surface area contributed by atoms with Crippen LogP contribution in [-0.4, -0.2) is 47.5 Å². The molecule has 0 N–H and O–H groups in total. The second-order valence-corrected chi connectivity index (χ2v) is 6.23. The fourth-order valence-corrected chi connectivity index (χ4v) is 3.26. The lowest BCUT2D eigenvalue weighted by Gasteiger charge is -2.31. The standard InChI is InChI=1S/C18H22N2O4/c1-2-24-16(22)13-15(21)19-11-6-12-20(19)17(23)18(9-10-18)14-7-4-3-5-8-14/h3-5,7-8H,2,6,9-13H2,1H3. The zero-order chi connectivity index (χ0) is 17.2. The molecule has 1 saturated carbocycles. The average molecular weight is 330 g/mol. The van der Waals surface area contributed by atoms with E-state index in [9.17, 15) is 14.4 Å². The molecule has 0 atom stereocenters. The van der Waals surface area contributed by atoms with Crippen LogP contribution in [0.3, 0.4) is 0 Å². The summed E-state index contributed by atoms with van der Waals surface area (Å²) in [6, 6.07) is 9.71. The van der Waals surface area contributed by atoms with E-state index >= 15 is 0 Å². The smallest absolute Gasteiger partial charge is 0.315 e. The molecule has 0 spiro atoms. The van der Waals surface area contributed by atoms with Gasteiger partial charge in [-0.05, 0) is 31.7 Å². The van der Waals surface area contributed by atoms with Crippen LogP contribution in [0.25, 0.3) is 0 Å². The van der Waals surface area contributed by atoms with Crippen LogP contribution < -0.4 is 0 Å². The molecule has 6 heteroatoms. The van der Waals surface area contributed by atoms with E-state index in [4.69, 9.17) is 4.74 Å². The van der Waals surface area contributed by atoms with Crippen molar-refractivity contribution >= 4 is 17.8 Å². The summed E-state index contributed by atoms with van der Waals surface area (Å²) in [7, 11) is 0. The summed E-state index contributed by atoms with van der Waals surface area (Å²) in [5.74, 6) is -0.961. The topological polar surface area (TPSA) is 66.9 Å². The Bertz CT molecular complexity index is 640. The number of carbonyl (C=O) groups excluding carboxylic acids is 3. The number of amides is 2. The van der Waals surface area contributed by atoms with Crippen LogP contribution in [0, 0.1) is 0 Å². The lowest BCUT2D eigenvalue weighted by molar-refractivity contribution is -0.163. The van der Waals surface area contributed by atoms with Gasteiger partial charge >= 0.3 is 5.97 Å². The molecular weight excluding hydrogens is 308 g/mol. The van der Waals surface area contributed by atoms with Gasteiger partial charge in [-0.2, -0.15) is 0 Å². The van der Waals surface area contributed by atoms with Gasteiger partial charge in [0.15, 0.2) is 0 Å². The van der Waals surface area contributed by atoms with Crippen LogP contribution in [0.15, 0.2) is 30.3 Å². The van der Waals surface area contributed by atoms with E-state index in [1.165, 1.54) is 10.0 Å². The fourth-order valence-electron chi connectivity index (χ4n) is 3.26. The number of esters is 1. The first-order valence-corrected chi connectivity index (χ1v) is 8.42. The first kappa shape index (κ1) is 16.5. The van der Waals surface area contributed by atoms with E-state index in [0.29, 0.717) is 13.1 Å². The molecule has 1 aromatic carbocycles. The highest BCUT2D eigenvalue weighted by atomic mass is 16.5. The van der Waals surface area contributed by atoms with Crippen molar-refractivity contribution in [3.63, 3.8) is 0 Å². The maximum absolute atomic E-state index is 13.1. The lowest BCUT2D eigenvalue weighted by atomic mass is 9.95. The summed E-state index contributed by atoms with van der Waals surface area (Å²) in [6.45, 7) is 2.92. The minimum atomic E-state index is -0.550. The van der Waals surface area contributed by atoms with Crippen LogP contribution in [-0.2, 0) is 24.5 Å². The monoisotopic (exact) mass is 330 g/mol. The summed E-state index contributed by atoms with van der Waals surface area (Å²) < 4.78 is 4.83. The molecule has 2 amide bonds. The van der Waals surface area contributed by atoms with Crippen LogP contribution in [0.2, 0.25) is 0 Å². The predicted octanol–water partition coefficient (Wildman–Crippen LogP) is 1.65. The Morgan fingerprint density at radius 3 is 2.38 bits per heavy atom. The van der Waals surface area contributed by atoms with Crippen molar-refractivity contribution < 1.29 is 19.1 Å². The third kappa shape index (κ3) is 3.00. The van der Waals surface area contributed by atoms with Crippen molar-refractivity contribution in [1.82, 2.24) is 10.0 Å². The molecule has 2 fully saturated rings. The molecule has 1 saturated heterocycles. The van der Waals surface area contributed by atoms with Crippen LogP contribution in [0.4, 0.5) is 0 Å². The summed E-state index contributed by atoms with van der Waals surface area (Å²) in [4.78, 5) is 37.0. The molecule has 2 aliphatic rings. The number of nitrogens with zero attached hydrogens (tertiary/aromatic N) is 2. The summed E-state index contributed by atoms with van der Waals surface area (Å²) in [5, 5.41) is 2.95. The van der Waals surface area contributed by atoms with E-state index in [0.717, 1.165) is 24.8 Å². The number of rotatable bonds is 5. The molecule has 1 aliphatic carbocycles. The Labute approximate surface area is 141 Å². The van der Waals surface area contributed by atoms with E-state index in [-0.39, 0.29) is 24.8 Å². The zero-order valence-corrected chi connectivity index (χ0v) is 13.9. The Morgan fingerprint density at radius 1 is 1.08 bits per heavy atom. The number of hydrogen-bond donors (Lipinski definition) is 0. The second-order valence-electron chi connectivity index (χ2n) is 6.23. The summed E-state index contributed by atoms with van der Waals surface area (Å²) in [6.07, 6.45) is 2.00. The highest BCUT2D eigenvalue weighted by Gasteiger charge is 2.54. The van der Waals surface area contributed by atoms with Gasteiger partial charge < -0.3 is 4.74 Å². The Balaban J connectivity index is 1.73. The van der Waals surface area contributed by atoms with Crippen LogP contribution >= 0.6 is 0 Å². The fraction of sp³-hybridized carbons (Fsp3) is 0.500. The van der Waals surface area contributed by atoms with Crippen molar-refractivity contribution in [2.24, 2.45) is 0 Å². The van der Waals surface area contributed by atoms with Crippen molar-refractivity contribution in [2.75, 3.05) is 19.7 Å². The first-order valence-electron chi connectivity index (χ1n) is 8.42. The highest BCUT2D eigenvalue weighted by Crippen LogP contribution is 2.50. The summed E-state index contributed by atoms with van der Waals surface area (Å²) >= 11 is 0. The number of benzene rings is 1. The number of hydrazine groups is 1. The van der Waals surface area contributed by atoms with E-state index in [2.05, 4.69) is 0 Å². The normalized spacial score (nSPS) is 18.4. The lowest BCUT2D eigenvalue weighted by Crippen LogP contribution is -2.49. The third-order valence-electron chi connectivity index (χ3n) is 4.64. The molecule has 1 aromatic rings. The molecule has 6 nitrogen and oxygen atoms in total. The minimum Gasteiger partial charge on any atom is -0.466 e. The van der Waals surface area contributed by atoms with E-state index < -0.39 is 11.4 Å². The van der Waals surface area contributed by atoms with Gasteiger partial charge in [0.2, 0.25) is 0 Å². The van der Waals surface area contributed by atoms with Crippen molar-refractivity contribution in [1.29, 1.82) is 0 Å². The van der Waals surface area contributed by atoms with Gasteiger partial charge in [0.1, 0.15) is 6.42 Å². The minimum absolute atomic E-state index is 0.0385. The highest BCUT2D eigenvalue weighted by molar-refractivity contribution is 5.97. The molecule has 0 aromatic heterocycles. The molecule has 1 heterocycles. The molecule has 24 heavy (non-hydrogen) atoms. The molecule has 128 valence electrons. The summed E-state index contributed by atoms with van der Waals surface area (Å²) in [5.41, 5.74) is 0.494. The maximum atomic E-state index is 13.1. The average Bonchev–Trinajstić information content (AvgIpc) is 3.25. The Kier molecular flexibility index (Phi) is 4.55. The Hall–Kier alpha value is -2.37. The van der Waals surface area contributed by atoms with Crippen molar-refractivity contribution in [2.45, 2.75) is 38.0 Å². The van der Waals surface area contributed by atoms with Crippen molar-refractivity contribution in [3.8, 4) is 0 Å². The first-order chi connectivity index (χ1) is 11.6. The van der Waals surface area contributed by atoms with E-state index in [1.807, 2.05) is 30.3 Å². The van der Waals surface area contributed by atoms with Crippen LogP contribution in [0.1, 0.15) is 38.2 Å². The second kappa shape index (κ2) is 6.63. The van der Waals surface area contributed by atoms with Gasteiger partial charge in [-0.1, -0.05) is 30.3 Å². The zero-order valence-electron chi connectivity index (χ0n) is 13.9. The van der Waals surface area contributed by atoms with Gasteiger partial charge in [0, 0.05) is 13.1 Å². The predicted molar refractivity (Wildman–Crippen MR) is 86.6 cm³/mol. The number of carbonyl (C=O) groups is 3. The maximum Gasteiger partial charge on any atom is 0.315 e. The van der Waals surface area contributed by atoms with Gasteiger partial charge in [0.25, 0.3) is 11.8 Å². The van der Waals surface area contributed by atoms with Gasteiger partial charge in [-0.25, -0.2) is 0 Å². The molecule has 0 radical (unpaired) electrons. The quantitative estimate of drug-likeness (QED) is 0.608.